The number of hydrogen-bond donors (Lipinski definition) is 1. The van der Waals surface area contributed by atoms with Gasteiger partial charge in [0.15, 0.2) is 0 Å². The summed E-state index contributed by atoms with van der Waals surface area (Å²) >= 11 is 0. The Balaban J connectivity index is 1.80. The number of hydrogen-bond acceptors (Lipinski definition) is 2. The van der Waals surface area contributed by atoms with Crippen LogP contribution in [0.25, 0.3) is 0 Å². The molecule has 0 aliphatic carbocycles. The molecule has 1 atom stereocenters. The molecule has 98 valence electrons. The van der Waals surface area contributed by atoms with Gasteiger partial charge in [0.25, 0.3) is 0 Å². The summed E-state index contributed by atoms with van der Waals surface area (Å²) in [6.07, 6.45) is 1.92. The third kappa shape index (κ3) is 3.57. The second-order valence-corrected chi connectivity index (χ2v) is 5.00. The van der Waals surface area contributed by atoms with Crippen LogP contribution in [0.3, 0.4) is 0 Å². The van der Waals surface area contributed by atoms with Gasteiger partial charge in [-0.2, -0.15) is 0 Å². The Hall–Kier alpha value is -1.35. The molecule has 18 heavy (non-hydrogen) atoms. The first kappa shape index (κ1) is 13.1. The van der Waals surface area contributed by atoms with Crippen LogP contribution in [-0.2, 0) is 11.2 Å². The van der Waals surface area contributed by atoms with Crippen molar-refractivity contribution < 1.29 is 4.79 Å². The summed E-state index contributed by atoms with van der Waals surface area (Å²) < 4.78 is 0. The number of piperazine rings is 1. The average molecular weight is 246 g/mol. The van der Waals surface area contributed by atoms with Crippen LogP contribution >= 0.6 is 0 Å². The molecule has 3 heteroatoms. The molecule has 1 fully saturated rings. The van der Waals surface area contributed by atoms with E-state index in [1.54, 1.807) is 0 Å². The normalized spacial score (nSPS) is 17.5. The molecule has 1 aromatic rings. The molecule has 1 aliphatic rings. The van der Waals surface area contributed by atoms with Crippen molar-refractivity contribution in [1.82, 2.24) is 10.2 Å². The Bertz CT molecular complexity index is 371. The van der Waals surface area contributed by atoms with Gasteiger partial charge in [0.05, 0.1) is 0 Å². The summed E-state index contributed by atoms with van der Waals surface area (Å²) in [6, 6.07) is 10.4. The van der Waals surface area contributed by atoms with Gasteiger partial charge in [-0.1, -0.05) is 37.3 Å². The lowest BCUT2D eigenvalue weighted by molar-refractivity contribution is -0.135. The molecule has 0 radical (unpaired) electrons. The highest BCUT2D eigenvalue weighted by molar-refractivity contribution is 5.78. The predicted molar refractivity (Wildman–Crippen MR) is 73.4 cm³/mol. The lowest BCUT2D eigenvalue weighted by Crippen LogP contribution is -2.48. The van der Waals surface area contributed by atoms with Gasteiger partial charge in [0.1, 0.15) is 0 Å². The highest BCUT2D eigenvalue weighted by atomic mass is 16.2. The molecule has 0 bridgehead atoms. The number of rotatable bonds is 4. The Morgan fingerprint density at radius 1 is 1.28 bits per heavy atom. The fraction of sp³-hybridized carbons (Fsp3) is 0.533. The molecule has 1 unspecified atom stereocenters. The van der Waals surface area contributed by atoms with Crippen LogP contribution in [0.4, 0.5) is 0 Å². The minimum absolute atomic E-state index is 0.128. The van der Waals surface area contributed by atoms with Crippen LogP contribution in [0.2, 0.25) is 0 Å². The molecule has 0 spiro atoms. The van der Waals surface area contributed by atoms with Crippen LogP contribution in [-0.4, -0.2) is 37.0 Å². The Kier molecular flexibility index (Phi) is 4.76. The minimum Gasteiger partial charge on any atom is -0.340 e. The maximum Gasteiger partial charge on any atom is 0.225 e. The van der Waals surface area contributed by atoms with E-state index >= 15 is 0 Å². The maximum absolute atomic E-state index is 12.2. The summed E-state index contributed by atoms with van der Waals surface area (Å²) in [5.74, 6) is 0.440. The summed E-state index contributed by atoms with van der Waals surface area (Å²) in [5.41, 5.74) is 1.32. The fourth-order valence-corrected chi connectivity index (χ4v) is 2.35. The van der Waals surface area contributed by atoms with Crippen molar-refractivity contribution in [3.63, 3.8) is 0 Å². The van der Waals surface area contributed by atoms with E-state index in [1.165, 1.54) is 5.56 Å². The van der Waals surface area contributed by atoms with Gasteiger partial charge < -0.3 is 10.2 Å². The number of benzene rings is 1. The van der Waals surface area contributed by atoms with E-state index in [9.17, 15) is 4.79 Å². The first-order valence-electron chi connectivity index (χ1n) is 6.81. The predicted octanol–water partition coefficient (Wildman–Crippen LogP) is 1.69. The first-order valence-corrected chi connectivity index (χ1v) is 6.81. The lowest BCUT2D eigenvalue weighted by Gasteiger charge is -2.29. The summed E-state index contributed by atoms with van der Waals surface area (Å²) in [5, 5.41) is 3.27. The average Bonchev–Trinajstić information content (AvgIpc) is 2.46. The summed E-state index contributed by atoms with van der Waals surface area (Å²) in [6.45, 7) is 5.62. The first-order chi connectivity index (χ1) is 8.77. The van der Waals surface area contributed by atoms with Crippen LogP contribution in [0, 0.1) is 5.92 Å². The zero-order valence-corrected chi connectivity index (χ0v) is 11.1. The monoisotopic (exact) mass is 246 g/mol. The van der Waals surface area contributed by atoms with Crippen molar-refractivity contribution in [3.8, 4) is 0 Å². The molecular formula is C15H22N2O. The SMILES string of the molecule is CC(CCc1ccccc1)C(=O)N1CCNCC1. The third-order valence-corrected chi connectivity index (χ3v) is 3.56. The quantitative estimate of drug-likeness (QED) is 0.877. The zero-order valence-electron chi connectivity index (χ0n) is 11.1. The Labute approximate surface area is 109 Å². The molecule has 0 aromatic heterocycles. The fourth-order valence-electron chi connectivity index (χ4n) is 2.35. The maximum atomic E-state index is 12.2. The van der Waals surface area contributed by atoms with Crippen molar-refractivity contribution in [1.29, 1.82) is 0 Å². The van der Waals surface area contributed by atoms with E-state index in [0.717, 1.165) is 39.0 Å². The molecule has 2 rings (SSSR count). The van der Waals surface area contributed by atoms with Crippen LogP contribution < -0.4 is 5.32 Å². The lowest BCUT2D eigenvalue weighted by atomic mass is 9.99. The van der Waals surface area contributed by atoms with E-state index in [-0.39, 0.29) is 5.92 Å². The Morgan fingerprint density at radius 2 is 1.94 bits per heavy atom. The highest BCUT2D eigenvalue weighted by Crippen LogP contribution is 2.12. The third-order valence-electron chi connectivity index (χ3n) is 3.56. The minimum atomic E-state index is 0.128. The molecule has 3 nitrogen and oxygen atoms in total. The van der Waals surface area contributed by atoms with Gasteiger partial charge in [0, 0.05) is 32.1 Å². The largest absolute Gasteiger partial charge is 0.340 e. The summed E-state index contributed by atoms with van der Waals surface area (Å²) in [4.78, 5) is 14.2. The summed E-state index contributed by atoms with van der Waals surface area (Å²) in [7, 11) is 0. The second kappa shape index (κ2) is 6.55. The molecule has 1 heterocycles. The zero-order chi connectivity index (χ0) is 12.8. The molecule has 1 N–H and O–H groups in total. The molecule has 1 aromatic carbocycles. The highest BCUT2D eigenvalue weighted by Gasteiger charge is 2.21. The molecule has 0 saturated carbocycles. The van der Waals surface area contributed by atoms with E-state index < -0.39 is 0 Å². The Morgan fingerprint density at radius 3 is 2.61 bits per heavy atom. The molecular weight excluding hydrogens is 224 g/mol. The van der Waals surface area contributed by atoms with Gasteiger partial charge >= 0.3 is 0 Å². The van der Waals surface area contributed by atoms with Crippen LogP contribution in [0.1, 0.15) is 18.9 Å². The van der Waals surface area contributed by atoms with E-state index in [0.29, 0.717) is 5.91 Å². The standard InChI is InChI=1S/C15H22N2O/c1-13(7-8-14-5-3-2-4-6-14)15(18)17-11-9-16-10-12-17/h2-6,13,16H,7-12H2,1H3. The number of nitrogens with zero attached hydrogens (tertiary/aromatic N) is 1. The van der Waals surface area contributed by atoms with E-state index in [4.69, 9.17) is 0 Å². The van der Waals surface area contributed by atoms with Crippen LogP contribution in [0.15, 0.2) is 30.3 Å². The van der Waals surface area contributed by atoms with Gasteiger partial charge in [0.2, 0.25) is 5.91 Å². The molecule has 1 amide bonds. The van der Waals surface area contributed by atoms with Crippen LogP contribution in [0.5, 0.6) is 0 Å². The smallest absolute Gasteiger partial charge is 0.225 e. The number of carbonyl (C=O) groups is 1. The van der Waals surface area contributed by atoms with Crippen molar-refractivity contribution in [2.75, 3.05) is 26.2 Å². The van der Waals surface area contributed by atoms with Gasteiger partial charge in [-0.05, 0) is 18.4 Å². The van der Waals surface area contributed by atoms with Crippen molar-refractivity contribution >= 4 is 5.91 Å². The van der Waals surface area contributed by atoms with Crippen molar-refractivity contribution in [3.05, 3.63) is 35.9 Å². The number of carbonyl (C=O) groups excluding carboxylic acids is 1. The van der Waals surface area contributed by atoms with E-state index in [1.807, 2.05) is 17.9 Å². The van der Waals surface area contributed by atoms with E-state index in [2.05, 4.69) is 29.6 Å². The number of nitrogens with one attached hydrogen (secondary N) is 1. The number of amides is 1. The molecule has 1 saturated heterocycles. The topological polar surface area (TPSA) is 32.3 Å². The van der Waals surface area contributed by atoms with Crippen molar-refractivity contribution in [2.45, 2.75) is 19.8 Å². The van der Waals surface area contributed by atoms with Crippen molar-refractivity contribution in [2.24, 2.45) is 5.92 Å². The van der Waals surface area contributed by atoms with Gasteiger partial charge in [-0.3, -0.25) is 4.79 Å². The molecule has 1 aliphatic heterocycles. The second-order valence-electron chi connectivity index (χ2n) is 5.00. The van der Waals surface area contributed by atoms with Gasteiger partial charge in [-0.25, -0.2) is 0 Å². The van der Waals surface area contributed by atoms with Gasteiger partial charge in [-0.15, -0.1) is 0 Å². The number of aryl methyl sites for hydroxylation is 1.